The number of nitrogens with zero attached hydrogens (tertiary/aromatic N) is 2. The lowest BCUT2D eigenvalue weighted by atomic mass is 9.96. The summed E-state index contributed by atoms with van der Waals surface area (Å²) in [5, 5.41) is 0. The second kappa shape index (κ2) is 8.83. The number of carbonyl (C=O) groups is 1. The van der Waals surface area contributed by atoms with Crippen molar-refractivity contribution in [2.75, 3.05) is 20.5 Å². The van der Waals surface area contributed by atoms with Gasteiger partial charge in [-0.05, 0) is 55.3 Å². The molecule has 0 spiro atoms. The molecule has 1 aromatic heterocycles. The SMILES string of the molecule is CCOC(=O)C1=C(C)N=c2s/c(=C\c3ccc4c(c3)OCO4)c(=O)n2[C@@H]1c1ccc(OC)cc1. The van der Waals surface area contributed by atoms with Crippen molar-refractivity contribution in [2.45, 2.75) is 19.9 Å². The van der Waals surface area contributed by atoms with Crippen LogP contribution in [0.4, 0.5) is 0 Å². The molecule has 5 rings (SSSR count). The van der Waals surface area contributed by atoms with Crippen molar-refractivity contribution in [3.8, 4) is 17.2 Å². The Labute approximate surface area is 199 Å². The summed E-state index contributed by atoms with van der Waals surface area (Å²) in [5.41, 5.74) is 2.19. The fraction of sp³-hybridized carbons (Fsp3) is 0.240. The standard InChI is InChI=1S/C25H22N2O6S/c1-4-31-24(29)21-14(2)26-25-27(22(21)16-6-8-17(30-3)9-7-16)23(28)20(34-25)12-15-5-10-18-19(11-15)33-13-32-18/h5-12,22H,4,13H2,1-3H3/b20-12-/t22-/m1/s1. The summed E-state index contributed by atoms with van der Waals surface area (Å²) in [4.78, 5) is 31.7. The zero-order chi connectivity index (χ0) is 23.8. The van der Waals surface area contributed by atoms with E-state index >= 15 is 0 Å². The number of aromatic nitrogens is 1. The molecule has 0 aliphatic carbocycles. The summed E-state index contributed by atoms with van der Waals surface area (Å²) in [6.07, 6.45) is 1.79. The topological polar surface area (TPSA) is 88.4 Å². The Bertz CT molecular complexity index is 1480. The van der Waals surface area contributed by atoms with Gasteiger partial charge in [0.05, 0.1) is 35.6 Å². The zero-order valence-corrected chi connectivity index (χ0v) is 19.7. The van der Waals surface area contributed by atoms with Crippen molar-refractivity contribution in [2.24, 2.45) is 4.99 Å². The molecule has 0 amide bonds. The Kier molecular flexibility index (Phi) is 5.70. The average molecular weight is 479 g/mol. The molecular formula is C25H22N2O6S. The molecule has 0 fully saturated rings. The molecule has 0 saturated carbocycles. The quantitative estimate of drug-likeness (QED) is 0.524. The van der Waals surface area contributed by atoms with Crippen LogP contribution in [0.2, 0.25) is 0 Å². The van der Waals surface area contributed by atoms with Crippen molar-refractivity contribution < 1.29 is 23.7 Å². The Morgan fingerprint density at radius 3 is 2.71 bits per heavy atom. The minimum absolute atomic E-state index is 0.179. The number of esters is 1. The summed E-state index contributed by atoms with van der Waals surface area (Å²) in [6.45, 7) is 3.91. The summed E-state index contributed by atoms with van der Waals surface area (Å²) >= 11 is 1.27. The van der Waals surface area contributed by atoms with Crippen LogP contribution < -0.4 is 29.1 Å². The number of ether oxygens (including phenoxy) is 4. The van der Waals surface area contributed by atoms with Crippen LogP contribution in [0.1, 0.15) is 31.0 Å². The van der Waals surface area contributed by atoms with Gasteiger partial charge < -0.3 is 18.9 Å². The maximum atomic E-state index is 13.6. The maximum absolute atomic E-state index is 13.6. The van der Waals surface area contributed by atoms with Crippen LogP contribution >= 0.6 is 11.3 Å². The zero-order valence-electron chi connectivity index (χ0n) is 18.9. The lowest BCUT2D eigenvalue weighted by molar-refractivity contribution is -0.139. The van der Waals surface area contributed by atoms with Crippen molar-refractivity contribution in [1.29, 1.82) is 0 Å². The van der Waals surface area contributed by atoms with E-state index in [2.05, 4.69) is 4.99 Å². The highest BCUT2D eigenvalue weighted by Gasteiger charge is 2.33. The molecule has 0 N–H and O–H groups in total. The molecule has 34 heavy (non-hydrogen) atoms. The molecule has 8 nitrogen and oxygen atoms in total. The maximum Gasteiger partial charge on any atom is 0.338 e. The van der Waals surface area contributed by atoms with Gasteiger partial charge in [-0.2, -0.15) is 0 Å². The van der Waals surface area contributed by atoms with Crippen LogP contribution in [0.15, 0.2) is 63.5 Å². The lowest BCUT2D eigenvalue weighted by Gasteiger charge is -2.24. The predicted molar refractivity (Wildman–Crippen MR) is 126 cm³/mol. The van der Waals surface area contributed by atoms with Crippen molar-refractivity contribution in [3.63, 3.8) is 0 Å². The molecule has 9 heteroatoms. The highest BCUT2D eigenvalue weighted by molar-refractivity contribution is 7.07. The first-order chi connectivity index (χ1) is 16.5. The number of fused-ring (bicyclic) bond motifs is 2. The van der Waals surface area contributed by atoms with Crippen molar-refractivity contribution >= 4 is 23.4 Å². The van der Waals surface area contributed by atoms with Crippen LogP contribution in [-0.4, -0.2) is 31.0 Å². The van der Waals surface area contributed by atoms with E-state index in [0.717, 1.165) is 11.1 Å². The fourth-order valence-electron chi connectivity index (χ4n) is 4.05. The van der Waals surface area contributed by atoms with Crippen LogP contribution in [0, 0.1) is 0 Å². The molecule has 174 valence electrons. The van der Waals surface area contributed by atoms with Crippen LogP contribution in [-0.2, 0) is 9.53 Å². The summed E-state index contributed by atoms with van der Waals surface area (Å²) in [6, 6.07) is 12.1. The third-order valence-corrected chi connectivity index (χ3v) is 6.63. The van der Waals surface area contributed by atoms with E-state index in [-0.39, 0.29) is 19.0 Å². The summed E-state index contributed by atoms with van der Waals surface area (Å²) in [5.74, 6) is 1.50. The monoisotopic (exact) mass is 478 g/mol. The first-order valence-electron chi connectivity index (χ1n) is 10.7. The number of benzene rings is 2. The Morgan fingerprint density at radius 1 is 1.21 bits per heavy atom. The third-order valence-electron chi connectivity index (χ3n) is 5.64. The van der Waals surface area contributed by atoms with E-state index in [1.165, 1.54) is 11.3 Å². The van der Waals surface area contributed by atoms with E-state index in [0.29, 0.717) is 37.9 Å². The van der Waals surface area contributed by atoms with Crippen LogP contribution in [0.3, 0.4) is 0 Å². The van der Waals surface area contributed by atoms with E-state index in [1.807, 2.05) is 30.3 Å². The van der Waals surface area contributed by atoms with Gasteiger partial charge in [0.25, 0.3) is 5.56 Å². The molecule has 2 aliphatic heterocycles. The van der Waals surface area contributed by atoms with Gasteiger partial charge in [-0.1, -0.05) is 29.5 Å². The van der Waals surface area contributed by atoms with Crippen LogP contribution in [0.25, 0.3) is 6.08 Å². The molecule has 3 aromatic rings. The molecule has 0 unspecified atom stereocenters. The second-order valence-electron chi connectivity index (χ2n) is 7.69. The predicted octanol–water partition coefficient (Wildman–Crippen LogP) is 2.54. The Morgan fingerprint density at radius 2 is 1.97 bits per heavy atom. The number of methoxy groups -OCH3 is 1. The summed E-state index contributed by atoms with van der Waals surface area (Å²) < 4.78 is 23.5. The van der Waals surface area contributed by atoms with Gasteiger partial charge >= 0.3 is 5.97 Å². The number of thiazole rings is 1. The number of rotatable bonds is 5. The lowest BCUT2D eigenvalue weighted by Crippen LogP contribution is -2.39. The van der Waals surface area contributed by atoms with Gasteiger partial charge in [-0.15, -0.1) is 0 Å². The molecule has 2 aromatic carbocycles. The van der Waals surface area contributed by atoms with E-state index in [4.69, 9.17) is 18.9 Å². The highest BCUT2D eigenvalue weighted by atomic mass is 32.1. The van der Waals surface area contributed by atoms with E-state index < -0.39 is 12.0 Å². The Hall–Kier alpha value is -3.85. The van der Waals surface area contributed by atoms with E-state index in [1.54, 1.807) is 43.7 Å². The minimum atomic E-state index is -0.667. The van der Waals surface area contributed by atoms with E-state index in [9.17, 15) is 9.59 Å². The first kappa shape index (κ1) is 22.0. The average Bonchev–Trinajstić information content (AvgIpc) is 3.42. The van der Waals surface area contributed by atoms with Crippen LogP contribution in [0.5, 0.6) is 17.2 Å². The molecule has 0 saturated heterocycles. The third kappa shape index (κ3) is 3.77. The number of carbonyl (C=O) groups excluding carboxylic acids is 1. The van der Waals surface area contributed by atoms with Gasteiger partial charge in [0, 0.05) is 0 Å². The molecule has 1 atom stereocenters. The number of hydrogen-bond donors (Lipinski definition) is 0. The normalized spacial score (nSPS) is 16.8. The van der Waals surface area contributed by atoms with Gasteiger partial charge in [0.1, 0.15) is 5.75 Å². The molecule has 0 radical (unpaired) electrons. The molecule has 2 aliphatic rings. The van der Waals surface area contributed by atoms with Gasteiger partial charge in [0.15, 0.2) is 16.3 Å². The largest absolute Gasteiger partial charge is 0.497 e. The number of allylic oxidation sites excluding steroid dienone is 1. The van der Waals surface area contributed by atoms with Gasteiger partial charge in [-0.25, -0.2) is 9.79 Å². The minimum Gasteiger partial charge on any atom is -0.497 e. The fourth-order valence-corrected chi connectivity index (χ4v) is 5.09. The van der Waals surface area contributed by atoms with Crippen molar-refractivity contribution in [3.05, 3.63) is 84.5 Å². The van der Waals surface area contributed by atoms with Gasteiger partial charge in [-0.3, -0.25) is 9.36 Å². The van der Waals surface area contributed by atoms with Crippen molar-refractivity contribution in [1.82, 2.24) is 4.57 Å². The second-order valence-corrected chi connectivity index (χ2v) is 8.70. The van der Waals surface area contributed by atoms with Gasteiger partial charge in [0.2, 0.25) is 6.79 Å². The highest BCUT2D eigenvalue weighted by Crippen LogP contribution is 2.33. The smallest absolute Gasteiger partial charge is 0.338 e. The number of hydrogen-bond acceptors (Lipinski definition) is 8. The summed E-state index contributed by atoms with van der Waals surface area (Å²) in [7, 11) is 1.59. The molecule has 0 bridgehead atoms. The first-order valence-corrected chi connectivity index (χ1v) is 11.5. The molecular weight excluding hydrogens is 456 g/mol. The molecule has 3 heterocycles. The Balaban J connectivity index is 1.68.